The molecule has 0 saturated heterocycles. The molecule has 70 valence electrons. The van der Waals surface area contributed by atoms with Crippen molar-refractivity contribution in [3.63, 3.8) is 0 Å². The van der Waals surface area contributed by atoms with Crippen LogP contribution in [-0.4, -0.2) is 32.5 Å². The standard InChI is InChI=1S/C6H7N5O.H2O/c1-7-6-10-4-3(5(12)11-6)8-2-9-4;/h2H,1H3,(H3,7,8,9,10,11,12);1H2. The van der Waals surface area contributed by atoms with Gasteiger partial charge >= 0.3 is 0 Å². The number of H-pyrrole nitrogens is 2. The Kier molecular flexibility index (Phi) is 2.29. The van der Waals surface area contributed by atoms with Crippen LogP contribution >= 0.6 is 0 Å². The van der Waals surface area contributed by atoms with Crippen molar-refractivity contribution in [3.05, 3.63) is 16.7 Å². The van der Waals surface area contributed by atoms with Gasteiger partial charge in [-0.1, -0.05) is 0 Å². The SMILES string of the molecule is CNc1nc2nc[nH]c2c(=O)[nH]1.O. The van der Waals surface area contributed by atoms with Crippen LogP contribution in [0, 0.1) is 0 Å². The van der Waals surface area contributed by atoms with Gasteiger partial charge in [-0.2, -0.15) is 4.98 Å². The molecule has 0 radical (unpaired) electrons. The average molecular weight is 183 g/mol. The molecule has 0 aromatic carbocycles. The summed E-state index contributed by atoms with van der Waals surface area (Å²) in [7, 11) is 1.68. The summed E-state index contributed by atoms with van der Waals surface area (Å²) in [5, 5.41) is 2.73. The zero-order valence-electron chi connectivity index (χ0n) is 6.88. The highest BCUT2D eigenvalue weighted by Crippen LogP contribution is 2.00. The van der Waals surface area contributed by atoms with E-state index in [0.29, 0.717) is 17.1 Å². The maximum Gasteiger partial charge on any atom is 0.278 e. The molecule has 0 atom stereocenters. The zero-order chi connectivity index (χ0) is 8.55. The van der Waals surface area contributed by atoms with Crippen LogP contribution in [0.2, 0.25) is 0 Å². The van der Waals surface area contributed by atoms with Crippen LogP contribution < -0.4 is 10.9 Å². The maximum atomic E-state index is 11.2. The van der Waals surface area contributed by atoms with Gasteiger partial charge in [0.25, 0.3) is 5.56 Å². The average Bonchev–Trinajstić information content (AvgIpc) is 2.52. The summed E-state index contributed by atoms with van der Waals surface area (Å²) in [6, 6.07) is 0. The topological polar surface area (TPSA) is 118 Å². The quantitative estimate of drug-likeness (QED) is 0.518. The second-order valence-electron chi connectivity index (χ2n) is 2.27. The van der Waals surface area contributed by atoms with E-state index in [1.807, 2.05) is 0 Å². The second kappa shape index (κ2) is 3.23. The molecular formula is C6H9N5O2. The fourth-order valence-corrected chi connectivity index (χ4v) is 0.961. The number of anilines is 1. The number of fused-ring (bicyclic) bond motifs is 1. The fourth-order valence-electron chi connectivity index (χ4n) is 0.961. The third kappa shape index (κ3) is 1.36. The Morgan fingerprint density at radius 1 is 1.54 bits per heavy atom. The van der Waals surface area contributed by atoms with Crippen LogP contribution in [0.25, 0.3) is 11.2 Å². The third-order valence-electron chi connectivity index (χ3n) is 1.53. The molecule has 0 fully saturated rings. The first-order chi connectivity index (χ1) is 5.81. The van der Waals surface area contributed by atoms with Crippen LogP contribution in [0.3, 0.4) is 0 Å². The molecule has 2 aromatic heterocycles. The first-order valence-corrected chi connectivity index (χ1v) is 3.42. The molecule has 0 bridgehead atoms. The van der Waals surface area contributed by atoms with E-state index < -0.39 is 0 Å². The number of aromatic nitrogens is 4. The van der Waals surface area contributed by atoms with Crippen molar-refractivity contribution in [1.82, 2.24) is 19.9 Å². The highest BCUT2D eigenvalue weighted by molar-refractivity contribution is 5.69. The van der Waals surface area contributed by atoms with E-state index in [2.05, 4.69) is 25.3 Å². The second-order valence-corrected chi connectivity index (χ2v) is 2.27. The number of imidazole rings is 1. The molecule has 2 rings (SSSR count). The number of nitrogens with zero attached hydrogens (tertiary/aromatic N) is 2. The van der Waals surface area contributed by atoms with Gasteiger partial charge in [0.05, 0.1) is 6.33 Å². The lowest BCUT2D eigenvalue weighted by Crippen LogP contribution is -2.11. The molecule has 0 unspecified atom stereocenters. The highest BCUT2D eigenvalue weighted by Gasteiger charge is 2.03. The summed E-state index contributed by atoms with van der Waals surface area (Å²) < 4.78 is 0. The molecule has 0 saturated carbocycles. The monoisotopic (exact) mass is 183 g/mol. The molecule has 0 spiro atoms. The molecule has 13 heavy (non-hydrogen) atoms. The summed E-state index contributed by atoms with van der Waals surface area (Å²) in [5.74, 6) is 0.416. The molecule has 2 aromatic rings. The van der Waals surface area contributed by atoms with E-state index >= 15 is 0 Å². The molecule has 0 aliphatic carbocycles. The first kappa shape index (κ1) is 9.20. The minimum Gasteiger partial charge on any atom is -0.412 e. The molecule has 7 nitrogen and oxygen atoms in total. The summed E-state index contributed by atoms with van der Waals surface area (Å²) in [4.78, 5) is 24.3. The maximum absolute atomic E-state index is 11.2. The van der Waals surface area contributed by atoms with Crippen LogP contribution in [0.1, 0.15) is 0 Å². The number of hydrogen-bond acceptors (Lipinski definition) is 4. The lowest BCUT2D eigenvalue weighted by Gasteiger charge is -1.95. The molecule has 5 N–H and O–H groups in total. The molecule has 2 heterocycles. The van der Waals surface area contributed by atoms with Gasteiger partial charge in [0.15, 0.2) is 11.2 Å². The summed E-state index contributed by atoms with van der Waals surface area (Å²) >= 11 is 0. The Morgan fingerprint density at radius 3 is 3.00 bits per heavy atom. The van der Waals surface area contributed by atoms with Gasteiger partial charge in [-0.15, -0.1) is 0 Å². The number of aromatic amines is 2. The Hall–Kier alpha value is -1.89. The van der Waals surface area contributed by atoms with Gasteiger partial charge in [0.2, 0.25) is 5.95 Å². The van der Waals surface area contributed by atoms with Crippen molar-refractivity contribution in [1.29, 1.82) is 0 Å². The van der Waals surface area contributed by atoms with Gasteiger partial charge in [0, 0.05) is 7.05 Å². The number of rotatable bonds is 1. The molecule has 0 aliphatic heterocycles. The number of nitrogens with one attached hydrogen (secondary N) is 3. The summed E-state index contributed by atoms with van der Waals surface area (Å²) in [5.41, 5.74) is 0.596. The lowest BCUT2D eigenvalue weighted by molar-refractivity contribution is 0.824. The van der Waals surface area contributed by atoms with Crippen molar-refractivity contribution in [2.75, 3.05) is 12.4 Å². The minimum absolute atomic E-state index is 0. The Balaban J connectivity index is 0.000000845. The molecule has 0 aliphatic rings. The van der Waals surface area contributed by atoms with Crippen LogP contribution in [0.15, 0.2) is 11.1 Å². The molecule has 0 amide bonds. The summed E-state index contributed by atoms with van der Waals surface area (Å²) in [6.45, 7) is 0. The minimum atomic E-state index is -0.221. The third-order valence-corrected chi connectivity index (χ3v) is 1.53. The van der Waals surface area contributed by atoms with E-state index in [0.717, 1.165) is 0 Å². The Bertz CT molecular complexity index is 459. The van der Waals surface area contributed by atoms with Crippen LogP contribution in [-0.2, 0) is 0 Å². The van der Waals surface area contributed by atoms with Crippen molar-refractivity contribution < 1.29 is 5.48 Å². The van der Waals surface area contributed by atoms with Crippen LogP contribution in [0.5, 0.6) is 0 Å². The van der Waals surface area contributed by atoms with Crippen molar-refractivity contribution >= 4 is 17.1 Å². The zero-order valence-corrected chi connectivity index (χ0v) is 6.88. The largest absolute Gasteiger partial charge is 0.412 e. The van der Waals surface area contributed by atoms with E-state index in [1.54, 1.807) is 7.05 Å². The molecular weight excluding hydrogens is 174 g/mol. The van der Waals surface area contributed by atoms with E-state index in [4.69, 9.17) is 0 Å². The summed E-state index contributed by atoms with van der Waals surface area (Å²) in [6.07, 6.45) is 1.44. The Morgan fingerprint density at radius 2 is 2.31 bits per heavy atom. The first-order valence-electron chi connectivity index (χ1n) is 3.42. The smallest absolute Gasteiger partial charge is 0.278 e. The predicted octanol–water partition coefficient (Wildman–Crippen LogP) is -1.14. The number of hydrogen-bond donors (Lipinski definition) is 3. The van der Waals surface area contributed by atoms with Crippen molar-refractivity contribution in [2.24, 2.45) is 0 Å². The predicted molar refractivity (Wildman–Crippen MR) is 47.7 cm³/mol. The van der Waals surface area contributed by atoms with Gasteiger partial charge < -0.3 is 15.8 Å². The van der Waals surface area contributed by atoms with Gasteiger partial charge in [-0.25, -0.2) is 4.98 Å². The van der Waals surface area contributed by atoms with Crippen molar-refractivity contribution in [2.45, 2.75) is 0 Å². The highest BCUT2D eigenvalue weighted by atomic mass is 16.1. The van der Waals surface area contributed by atoms with E-state index in [1.165, 1.54) is 6.33 Å². The fraction of sp³-hybridized carbons (Fsp3) is 0.167. The lowest BCUT2D eigenvalue weighted by atomic mass is 10.5. The van der Waals surface area contributed by atoms with Crippen LogP contribution in [0.4, 0.5) is 5.95 Å². The van der Waals surface area contributed by atoms with E-state index in [-0.39, 0.29) is 11.0 Å². The van der Waals surface area contributed by atoms with Gasteiger partial charge in [-0.05, 0) is 0 Å². The van der Waals surface area contributed by atoms with Gasteiger partial charge in [0.1, 0.15) is 0 Å². The normalized spacial score (nSPS) is 9.62. The van der Waals surface area contributed by atoms with E-state index in [9.17, 15) is 4.79 Å². The Labute approximate surface area is 72.5 Å². The molecule has 7 heteroatoms. The van der Waals surface area contributed by atoms with Gasteiger partial charge in [-0.3, -0.25) is 9.78 Å². The van der Waals surface area contributed by atoms with Crippen molar-refractivity contribution in [3.8, 4) is 0 Å².